The average Bonchev–Trinajstić information content (AvgIpc) is 3.25. The summed E-state index contributed by atoms with van der Waals surface area (Å²) in [7, 11) is 0. The molecule has 1 atom stereocenters. The maximum atomic E-state index is 12.5. The topological polar surface area (TPSA) is 77.7 Å². The number of para-hydroxylation sites is 1. The fourth-order valence-electron chi connectivity index (χ4n) is 3.70. The van der Waals surface area contributed by atoms with Gasteiger partial charge in [0.25, 0.3) is 11.8 Å². The van der Waals surface area contributed by atoms with Crippen LogP contribution in [0.2, 0.25) is 0 Å². The predicted molar refractivity (Wildman–Crippen MR) is 116 cm³/mol. The summed E-state index contributed by atoms with van der Waals surface area (Å²) in [5, 5.41) is 4.06. The number of nitrogens with zero attached hydrogens (tertiary/aromatic N) is 3. The molecule has 4 rings (SSSR count). The van der Waals surface area contributed by atoms with Crippen LogP contribution in [0.25, 0.3) is 11.4 Å². The van der Waals surface area contributed by atoms with E-state index in [0.29, 0.717) is 28.9 Å². The van der Waals surface area contributed by atoms with Crippen LogP contribution >= 0.6 is 0 Å². The van der Waals surface area contributed by atoms with Crippen molar-refractivity contribution in [1.29, 1.82) is 0 Å². The van der Waals surface area contributed by atoms with Crippen molar-refractivity contribution in [2.75, 3.05) is 19.7 Å². The first-order chi connectivity index (χ1) is 15.1. The number of hydrogen-bond acceptors (Lipinski definition) is 6. The van der Waals surface area contributed by atoms with Crippen LogP contribution < -0.4 is 9.47 Å². The maximum absolute atomic E-state index is 12.5. The van der Waals surface area contributed by atoms with Crippen molar-refractivity contribution in [1.82, 2.24) is 15.0 Å². The van der Waals surface area contributed by atoms with Crippen molar-refractivity contribution in [2.24, 2.45) is 5.92 Å². The van der Waals surface area contributed by atoms with E-state index in [0.717, 1.165) is 30.8 Å². The molecule has 0 unspecified atom stereocenters. The molecule has 1 aliphatic heterocycles. The zero-order chi connectivity index (χ0) is 21.6. The number of aryl methyl sites for hydroxylation is 1. The second-order valence-corrected chi connectivity index (χ2v) is 7.99. The molecule has 0 spiro atoms. The molecule has 0 aliphatic carbocycles. The van der Waals surface area contributed by atoms with Crippen LogP contribution in [-0.2, 0) is 11.4 Å². The maximum Gasteiger partial charge on any atom is 0.264 e. The molecule has 1 aliphatic rings. The van der Waals surface area contributed by atoms with E-state index in [-0.39, 0.29) is 19.1 Å². The molecule has 1 aromatic heterocycles. The third kappa shape index (κ3) is 5.42. The highest BCUT2D eigenvalue weighted by Crippen LogP contribution is 2.28. The Morgan fingerprint density at radius 2 is 2.06 bits per heavy atom. The molecule has 162 valence electrons. The number of aromatic nitrogens is 2. The first kappa shape index (κ1) is 20.9. The molecule has 0 saturated carbocycles. The van der Waals surface area contributed by atoms with Gasteiger partial charge >= 0.3 is 0 Å². The van der Waals surface area contributed by atoms with E-state index in [4.69, 9.17) is 14.0 Å². The lowest BCUT2D eigenvalue weighted by atomic mass is 10.0. The van der Waals surface area contributed by atoms with Crippen LogP contribution in [0, 0.1) is 12.8 Å². The second kappa shape index (κ2) is 9.64. The van der Waals surface area contributed by atoms with E-state index < -0.39 is 0 Å². The third-order valence-electron chi connectivity index (χ3n) is 5.31. The molecule has 1 saturated heterocycles. The molecular formula is C24H27N3O4. The van der Waals surface area contributed by atoms with Crippen molar-refractivity contribution in [3.05, 3.63) is 60.0 Å². The Bertz CT molecular complexity index is 1030. The summed E-state index contributed by atoms with van der Waals surface area (Å²) in [6, 6.07) is 15.1. The van der Waals surface area contributed by atoms with Gasteiger partial charge in [-0.05, 0) is 55.5 Å². The van der Waals surface area contributed by atoms with E-state index in [1.807, 2.05) is 54.3 Å². The van der Waals surface area contributed by atoms with Crippen molar-refractivity contribution < 1.29 is 18.8 Å². The molecule has 1 fully saturated rings. The van der Waals surface area contributed by atoms with Crippen LogP contribution in [0.4, 0.5) is 0 Å². The fourth-order valence-corrected chi connectivity index (χ4v) is 3.70. The van der Waals surface area contributed by atoms with E-state index in [1.165, 1.54) is 6.42 Å². The number of hydrogen-bond donors (Lipinski definition) is 0. The summed E-state index contributed by atoms with van der Waals surface area (Å²) < 4.78 is 16.9. The largest absolute Gasteiger partial charge is 0.484 e. The van der Waals surface area contributed by atoms with E-state index in [1.54, 1.807) is 6.07 Å². The number of likely N-dealkylation sites (tertiary alicyclic amines) is 1. The van der Waals surface area contributed by atoms with Gasteiger partial charge in [-0.25, -0.2) is 0 Å². The summed E-state index contributed by atoms with van der Waals surface area (Å²) in [4.78, 5) is 18.9. The zero-order valence-corrected chi connectivity index (χ0v) is 17.9. The van der Waals surface area contributed by atoms with E-state index in [9.17, 15) is 4.79 Å². The standard InChI is InChI=1S/C24H27N3O4/c1-17-7-5-9-19(13-17)29-15-22-25-24(26-31-22)20-10-3-4-11-21(20)30-16-23(28)27-12-6-8-18(2)14-27/h3-5,7,9-11,13,18H,6,8,12,14-16H2,1-2H3/t18-/m1/s1. The lowest BCUT2D eigenvalue weighted by Gasteiger charge is -2.30. The molecule has 0 N–H and O–H groups in total. The minimum Gasteiger partial charge on any atom is -0.484 e. The smallest absolute Gasteiger partial charge is 0.264 e. The van der Waals surface area contributed by atoms with Gasteiger partial charge in [-0.1, -0.05) is 36.3 Å². The van der Waals surface area contributed by atoms with Gasteiger partial charge < -0.3 is 18.9 Å². The number of carbonyl (C=O) groups excluding carboxylic acids is 1. The Kier molecular flexibility index (Phi) is 6.50. The second-order valence-electron chi connectivity index (χ2n) is 7.99. The normalized spacial score (nSPS) is 16.2. The molecule has 3 aromatic rings. The molecule has 7 nitrogen and oxygen atoms in total. The van der Waals surface area contributed by atoms with Crippen LogP contribution in [0.15, 0.2) is 53.1 Å². The molecular weight excluding hydrogens is 394 g/mol. The molecule has 2 aromatic carbocycles. The SMILES string of the molecule is Cc1cccc(OCc2nc(-c3ccccc3OCC(=O)N3CCC[C@@H](C)C3)no2)c1. The van der Waals surface area contributed by atoms with Crippen LogP contribution in [0.5, 0.6) is 11.5 Å². The Labute approximate surface area is 182 Å². The average molecular weight is 421 g/mol. The Morgan fingerprint density at radius 1 is 1.19 bits per heavy atom. The number of benzene rings is 2. The monoisotopic (exact) mass is 421 g/mol. The van der Waals surface area contributed by atoms with Gasteiger partial charge in [-0.3, -0.25) is 4.79 Å². The van der Waals surface area contributed by atoms with Gasteiger partial charge in [0.05, 0.1) is 5.56 Å². The van der Waals surface area contributed by atoms with Crippen molar-refractivity contribution >= 4 is 5.91 Å². The van der Waals surface area contributed by atoms with Crippen molar-refractivity contribution in [3.8, 4) is 22.9 Å². The highest BCUT2D eigenvalue weighted by Gasteiger charge is 2.22. The first-order valence-corrected chi connectivity index (χ1v) is 10.6. The summed E-state index contributed by atoms with van der Waals surface area (Å²) in [5.74, 6) is 2.59. The van der Waals surface area contributed by atoms with Gasteiger partial charge in [-0.15, -0.1) is 0 Å². The van der Waals surface area contributed by atoms with Crippen LogP contribution in [-0.4, -0.2) is 40.6 Å². The number of amides is 1. The number of ether oxygens (including phenoxy) is 2. The summed E-state index contributed by atoms with van der Waals surface area (Å²) in [6.07, 6.45) is 2.21. The van der Waals surface area contributed by atoms with Gasteiger partial charge in [-0.2, -0.15) is 4.98 Å². The molecule has 0 radical (unpaired) electrons. The van der Waals surface area contributed by atoms with Crippen molar-refractivity contribution in [2.45, 2.75) is 33.3 Å². The van der Waals surface area contributed by atoms with Crippen molar-refractivity contribution in [3.63, 3.8) is 0 Å². The third-order valence-corrected chi connectivity index (χ3v) is 5.31. The lowest BCUT2D eigenvalue weighted by Crippen LogP contribution is -2.41. The molecule has 31 heavy (non-hydrogen) atoms. The quantitative estimate of drug-likeness (QED) is 0.567. The van der Waals surface area contributed by atoms with Gasteiger partial charge in [0.15, 0.2) is 13.2 Å². The summed E-state index contributed by atoms with van der Waals surface area (Å²) in [5.41, 5.74) is 1.79. The van der Waals surface area contributed by atoms with Gasteiger partial charge in [0, 0.05) is 13.1 Å². The minimum atomic E-state index is -0.00902. The Balaban J connectivity index is 1.39. The number of rotatable bonds is 7. The molecule has 2 heterocycles. The zero-order valence-electron chi connectivity index (χ0n) is 17.9. The van der Waals surface area contributed by atoms with E-state index in [2.05, 4.69) is 17.1 Å². The Hall–Kier alpha value is -3.35. The number of carbonyl (C=O) groups is 1. The highest BCUT2D eigenvalue weighted by molar-refractivity contribution is 5.78. The molecule has 7 heteroatoms. The number of piperidine rings is 1. The minimum absolute atomic E-state index is 0.00158. The van der Waals surface area contributed by atoms with Crippen LogP contribution in [0.1, 0.15) is 31.2 Å². The van der Waals surface area contributed by atoms with E-state index >= 15 is 0 Å². The Morgan fingerprint density at radius 3 is 2.90 bits per heavy atom. The first-order valence-electron chi connectivity index (χ1n) is 10.6. The van der Waals surface area contributed by atoms with Gasteiger partial charge in [0.1, 0.15) is 11.5 Å². The predicted octanol–water partition coefficient (Wildman–Crippen LogP) is 4.26. The van der Waals surface area contributed by atoms with Crippen LogP contribution in [0.3, 0.4) is 0 Å². The van der Waals surface area contributed by atoms with Gasteiger partial charge in [0.2, 0.25) is 5.82 Å². The lowest BCUT2D eigenvalue weighted by molar-refractivity contribution is -0.135. The summed E-state index contributed by atoms with van der Waals surface area (Å²) >= 11 is 0. The summed E-state index contributed by atoms with van der Waals surface area (Å²) in [6.45, 7) is 5.93. The highest BCUT2D eigenvalue weighted by atomic mass is 16.5. The molecule has 1 amide bonds. The fraction of sp³-hybridized carbons (Fsp3) is 0.375. The molecule has 0 bridgehead atoms.